The SMILES string of the molecule is OC(CNC(=S)N1CCCC1)(Cn1cncn1)c1ccc(Cl)cc1Cl. The summed E-state index contributed by atoms with van der Waals surface area (Å²) < 4.78 is 1.56. The van der Waals surface area contributed by atoms with Gasteiger partial charge in [0.05, 0.1) is 13.1 Å². The Bertz CT molecular complexity index is 736. The number of aliphatic hydroxyl groups is 1. The van der Waals surface area contributed by atoms with Crippen LogP contribution in [0.4, 0.5) is 0 Å². The first-order valence-corrected chi connectivity index (χ1v) is 9.17. The largest absolute Gasteiger partial charge is 0.381 e. The van der Waals surface area contributed by atoms with E-state index in [1.54, 1.807) is 29.2 Å². The van der Waals surface area contributed by atoms with Gasteiger partial charge >= 0.3 is 0 Å². The van der Waals surface area contributed by atoms with Crippen molar-refractivity contribution in [2.45, 2.75) is 25.0 Å². The lowest BCUT2D eigenvalue weighted by molar-refractivity contribution is 0.0192. The first-order valence-electron chi connectivity index (χ1n) is 8.01. The molecule has 1 atom stereocenters. The molecule has 1 aliphatic heterocycles. The van der Waals surface area contributed by atoms with Gasteiger partial charge in [-0.15, -0.1) is 0 Å². The van der Waals surface area contributed by atoms with Crippen LogP contribution in [0.15, 0.2) is 30.9 Å². The standard InChI is InChI=1S/C16H19Cl2N5OS/c17-12-3-4-13(14(18)7-12)16(24,9-23-11-19-10-21-23)8-20-15(25)22-5-1-2-6-22/h3-4,7,10-11,24H,1-2,5-6,8-9H2,(H,20,25). The van der Waals surface area contributed by atoms with Crippen molar-refractivity contribution in [1.82, 2.24) is 25.0 Å². The zero-order valence-electron chi connectivity index (χ0n) is 13.5. The summed E-state index contributed by atoms with van der Waals surface area (Å²) in [6, 6.07) is 5.04. The van der Waals surface area contributed by atoms with Crippen LogP contribution in [0.2, 0.25) is 10.0 Å². The number of hydrogen-bond donors (Lipinski definition) is 2. The van der Waals surface area contributed by atoms with Crippen molar-refractivity contribution in [2.24, 2.45) is 0 Å². The lowest BCUT2D eigenvalue weighted by Gasteiger charge is -2.31. The summed E-state index contributed by atoms with van der Waals surface area (Å²) in [5, 5.41) is 20.2. The van der Waals surface area contributed by atoms with E-state index in [1.807, 2.05) is 0 Å². The number of thiocarbonyl (C=S) groups is 1. The lowest BCUT2D eigenvalue weighted by atomic mass is 9.93. The van der Waals surface area contributed by atoms with Gasteiger partial charge in [-0.3, -0.25) is 0 Å². The Kier molecular flexibility index (Phi) is 5.78. The number of rotatable bonds is 5. The minimum Gasteiger partial charge on any atom is -0.381 e. The molecule has 1 aromatic carbocycles. The van der Waals surface area contributed by atoms with Crippen LogP contribution in [0.25, 0.3) is 0 Å². The van der Waals surface area contributed by atoms with E-state index in [-0.39, 0.29) is 13.1 Å². The highest BCUT2D eigenvalue weighted by molar-refractivity contribution is 7.80. The molecular formula is C16H19Cl2N5OS. The molecule has 1 unspecified atom stereocenters. The fourth-order valence-electron chi connectivity index (χ4n) is 2.94. The lowest BCUT2D eigenvalue weighted by Crippen LogP contribution is -2.47. The van der Waals surface area contributed by atoms with Crippen molar-refractivity contribution in [3.05, 3.63) is 46.5 Å². The van der Waals surface area contributed by atoms with Crippen LogP contribution >= 0.6 is 35.4 Å². The molecule has 1 fully saturated rings. The average molecular weight is 400 g/mol. The van der Waals surface area contributed by atoms with Gasteiger partial charge in [-0.05, 0) is 37.2 Å². The predicted molar refractivity (Wildman–Crippen MR) is 102 cm³/mol. The number of hydrogen-bond acceptors (Lipinski definition) is 4. The molecule has 0 radical (unpaired) electrons. The van der Waals surface area contributed by atoms with Crippen molar-refractivity contribution < 1.29 is 5.11 Å². The third-order valence-corrected chi connectivity index (χ3v) is 5.20. The average Bonchev–Trinajstić information content (AvgIpc) is 3.26. The molecule has 0 aliphatic carbocycles. The number of nitrogens with zero attached hydrogens (tertiary/aromatic N) is 4. The quantitative estimate of drug-likeness (QED) is 0.752. The summed E-state index contributed by atoms with van der Waals surface area (Å²) in [6.45, 7) is 2.26. The number of benzene rings is 1. The molecule has 2 heterocycles. The molecule has 2 aromatic rings. The highest BCUT2D eigenvalue weighted by Gasteiger charge is 2.33. The fourth-order valence-corrected chi connectivity index (χ4v) is 3.78. The van der Waals surface area contributed by atoms with Crippen molar-refractivity contribution in [2.75, 3.05) is 19.6 Å². The highest BCUT2D eigenvalue weighted by atomic mass is 35.5. The van der Waals surface area contributed by atoms with Crippen molar-refractivity contribution in [3.63, 3.8) is 0 Å². The van der Waals surface area contributed by atoms with Crippen LogP contribution in [0, 0.1) is 0 Å². The van der Waals surface area contributed by atoms with Gasteiger partial charge in [0, 0.05) is 28.7 Å². The molecule has 25 heavy (non-hydrogen) atoms. The second-order valence-corrected chi connectivity index (χ2v) is 7.33. The Morgan fingerprint density at radius 2 is 2.08 bits per heavy atom. The molecule has 9 heteroatoms. The molecule has 1 aromatic heterocycles. The van der Waals surface area contributed by atoms with E-state index >= 15 is 0 Å². The zero-order valence-corrected chi connectivity index (χ0v) is 15.9. The first kappa shape index (κ1) is 18.4. The number of likely N-dealkylation sites (tertiary alicyclic amines) is 1. The van der Waals surface area contributed by atoms with E-state index < -0.39 is 5.60 Å². The van der Waals surface area contributed by atoms with E-state index in [0.717, 1.165) is 25.9 Å². The Hall–Kier alpha value is -1.41. The maximum absolute atomic E-state index is 11.4. The summed E-state index contributed by atoms with van der Waals surface area (Å²) >= 11 is 17.8. The minimum absolute atomic E-state index is 0.184. The number of halogens is 2. The third-order valence-electron chi connectivity index (χ3n) is 4.25. The van der Waals surface area contributed by atoms with Crippen LogP contribution in [0.5, 0.6) is 0 Å². The molecule has 2 N–H and O–H groups in total. The second-order valence-electron chi connectivity index (χ2n) is 6.10. The Balaban J connectivity index is 1.81. The molecule has 1 saturated heterocycles. The van der Waals surface area contributed by atoms with Gasteiger partial charge in [0.2, 0.25) is 0 Å². The van der Waals surface area contributed by atoms with E-state index in [1.165, 1.54) is 6.33 Å². The monoisotopic (exact) mass is 399 g/mol. The topological polar surface area (TPSA) is 66.2 Å². The summed E-state index contributed by atoms with van der Waals surface area (Å²) in [6.07, 6.45) is 5.24. The summed E-state index contributed by atoms with van der Waals surface area (Å²) in [7, 11) is 0. The van der Waals surface area contributed by atoms with Gasteiger partial charge < -0.3 is 15.3 Å². The normalized spacial score (nSPS) is 16.7. The smallest absolute Gasteiger partial charge is 0.169 e. The summed E-state index contributed by atoms with van der Waals surface area (Å²) in [5.41, 5.74) is -0.759. The Labute approximate surface area is 161 Å². The maximum atomic E-state index is 11.4. The Morgan fingerprint density at radius 1 is 1.32 bits per heavy atom. The maximum Gasteiger partial charge on any atom is 0.169 e. The minimum atomic E-state index is -1.32. The molecule has 0 spiro atoms. The molecule has 3 rings (SSSR count). The number of aromatic nitrogens is 3. The van der Waals surface area contributed by atoms with Gasteiger partial charge in [-0.25, -0.2) is 9.67 Å². The van der Waals surface area contributed by atoms with Gasteiger partial charge in [0.25, 0.3) is 0 Å². The van der Waals surface area contributed by atoms with Gasteiger partial charge in [0.15, 0.2) is 5.11 Å². The molecule has 0 bridgehead atoms. The molecule has 134 valence electrons. The molecule has 0 amide bonds. The Morgan fingerprint density at radius 3 is 2.72 bits per heavy atom. The van der Waals surface area contributed by atoms with Crippen LogP contribution in [-0.4, -0.2) is 49.5 Å². The van der Waals surface area contributed by atoms with E-state index in [2.05, 4.69) is 20.3 Å². The van der Waals surface area contributed by atoms with Crippen LogP contribution in [-0.2, 0) is 12.1 Å². The molecule has 0 saturated carbocycles. The van der Waals surface area contributed by atoms with Crippen LogP contribution in [0.1, 0.15) is 18.4 Å². The van der Waals surface area contributed by atoms with Crippen LogP contribution in [0.3, 0.4) is 0 Å². The first-order chi connectivity index (χ1) is 12.0. The van der Waals surface area contributed by atoms with E-state index in [0.29, 0.717) is 20.7 Å². The van der Waals surface area contributed by atoms with Crippen molar-refractivity contribution in [1.29, 1.82) is 0 Å². The zero-order chi connectivity index (χ0) is 17.9. The third kappa shape index (κ3) is 4.41. The summed E-state index contributed by atoms with van der Waals surface area (Å²) in [5.74, 6) is 0. The summed E-state index contributed by atoms with van der Waals surface area (Å²) in [4.78, 5) is 6.03. The fraction of sp³-hybridized carbons (Fsp3) is 0.438. The van der Waals surface area contributed by atoms with Crippen molar-refractivity contribution >= 4 is 40.5 Å². The molecule has 6 nitrogen and oxygen atoms in total. The van der Waals surface area contributed by atoms with E-state index in [4.69, 9.17) is 35.4 Å². The van der Waals surface area contributed by atoms with Crippen molar-refractivity contribution in [3.8, 4) is 0 Å². The van der Waals surface area contributed by atoms with E-state index in [9.17, 15) is 5.11 Å². The number of nitrogens with one attached hydrogen (secondary N) is 1. The van der Waals surface area contributed by atoms with Crippen LogP contribution < -0.4 is 5.32 Å². The highest BCUT2D eigenvalue weighted by Crippen LogP contribution is 2.31. The second kappa shape index (κ2) is 7.86. The predicted octanol–water partition coefficient (Wildman–Crippen LogP) is 2.44. The van der Waals surface area contributed by atoms with Gasteiger partial charge in [-0.1, -0.05) is 29.3 Å². The van der Waals surface area contributed by atoms with Gasteiger partial charge in [-0.2, -0.15) is 5.10 Å². The molecule has 1 aliphatic rings. The molecular weight excluding hydrogens is 381 g/mol. The van der Waals surface area contributed by atoms with Gasteiger partial charge in [0.1, 0.15) is 18.3 Å².